The molecule has 0 fully saturated rings. The molecule has 1 unspecified atom stereocenters. The number of hydrogen-bond donors (Lipinski definition) is 0. The maximum Gasteiger partial charge on any atom is 0.343 e. The van der Waals surface area contributed by atoms with E-state index in [9.17, 15) is 9.59 Å². The zero-order valence-electron chi connectivity index (χ0n) is 11.6. The number of benzene rings is 1. The molecule has 0 radical (unpaired) electrons. The van der Waals surface area contributed by atoms with Gasteiger partial charge in [-0.1, -0.05) is 19.1 Å². The summed E-state index contributed by atoms with van der Waals surface area (Å²) in [6.07, 6.45) is 2.08. The van der Waals surface area contributed by atoms with E-state index in [4.69, 9.17) is 9.15 Å². The van der Waals surface area contributed by atoms with E-state index in [1.165, 1.54) is 0 Å². The van der Waals surface area contributed by atoms with Gasteiger partial charge in [0.15, 0.2) is 5.78 Å². The molecule has 106 valence electrons. The molecule has 4 rings (SSSR count). The van der Waals surface area contributed by atoms with Crippen LogP contribution < -0.4 is 10.4 Å². The molecule has 0 amide bonds. The first-order valence-corrected chi connectivity index (χ1v) is 7.16. The van der Waals surface area contributed by atoms with Gasteiger partial charge in [-0.3, -0.25) is 4.79 Å². The van der Waals surface area contributed by atoms with Crippen molar-refractivity contribution in [3.8, 4) is 5.75 Å². The van der Waals surface area contributed by atoms with E-state index >= 15 is 0 Å². The van der Waals surface area contributed by atoms with Crippen molar-refractivity contribution in [3.63, 3.8) is 0 Å². The van der Waals surface area contributed by atoms with Gasteiger partial charge in [-0.25, -0.2) is 4.79 Å². The predicted octanol–water partition coefficient (Wildman–Crippen LogP) is 3.30. The molecular formula is C17H14O4. The summed E-state index contributed by atoms with van der Waals surface area (Å²) in [4.78, 5) is 24.4. The first kappa shape index (κ1) is 12.4. The number of ether oxygens (including phenoxy) is 1. The average Bonchev–Trinajstić information content (AvgIpc) is 2.47. The fraction of sp³-hybridized carbons (Fsp3) is 0.294. The maximum absolute atomic E-state index is 12.3. The third kappa shape index (κ3) is 1.68. The van der Waals surface area contributed by atoms with E-state index in [0.29, 0.717) is 28.9 Å². The summed E-state index contributed by atoms with van der Waals surface area (Å²) in [6.45, 7) is 1.88. The molecule has 4 nitrogen and oxygen atoms in total. The van der Waals surface area contributed by atoms with Crippen molar-refractivity contribution in [2.45, 2.75) is 32.1 Å². The molecule has 1 aromatic heterocycles. The van der Waals surface area contributed by atoms with Gasteiger partial charge in [-0.2, -0.15) is 0 Å². The number of carbonyl (C=O) groups excluding carboxylic acids is 1. The Balaban J connectivity index is 2.03. The van der Waals surface area contributed by atoms with Gasteiger partial charge in [0, 0.05) is 24.3 Å². The van der Waals surface area contributed by atoms with E-state index in [1.807, 2.05) is 25.1 Å². The Morgan fingerprint density at radius 3 is 2.81 bits per heavy atom. The average molecular weight is 282 g/mol. The number of para-hydroxylation sites is 1. The van der Waals surface area contributed by atoms with Gasteiger partial charge in [0.1, 0.15) is 17.1 Å². The quantitative estimate of drug-likeness (QED) is 0.696. The molecule has 0 saturated carbocycles. The topological polar surface area (TPSA) is 56.5 Å². The summed E-state index contributed by atoms with van der Waals surface area (Å²) < 4.78 is 11.3. The number of allylic oxidation sites excluding steroid dienone is 2. The summed E-state index contributed by atoms with van der Waals surface area (Å²) >= 11 is 0. The largest absolute Gasteiger partial charge is 0.460 e. The minimum atomic E-state index is -0.416. The number of ketones is 1. The van der Waals surface area contributed by atoms with Crippen molar-refractivity contribution in [1.29, 1.82) is 0 Å². The molecule has 1 atom stereocenters. The molecule has 4 heteroatoms. The van der Waals surface area contributed by atoms with Crippen LogP contribution in [0.4, 0.5) is 0 Å². The monoisotopic (exact) mass is 282 g/mol. The zero-order chi connectivity index (χ0) is 14.6. The van der Waals surface area contributed by atoms with Gasteiger partial charge in [0.2, 0.25) is 0 Å². The summed E-state index contributed by atoms with van der Waals surface area (Å²) in [5.41, 5.74) is 1.21. The van der Waals surface area contributed by atoms with Crippen LogP contribution in [0.2, 0.25) is 0 Å². The predicted molar refractivity (Wildman–Crippen MR) is 77.4 cm³/mol. The summed E-state index contributed by atoms with van der Waals surface area (Å²) in [5.74, 6) is 1.10. The van der Waals surface area contributed by atoms with Crippen molar-refractivity contribution in [2.24, 2.45) is 0 Å². The van der Waals surface area contributed by atoms with Crippen LogP contribution in [0.25, 0.3) is 11.0 Å². The minimum absolute atomic E-state index is 0.0851. The SMILES string of the molecule is CC1C2=C(CCCC2=O)Oc2c1c(=O)oc1ccccc21. The van der Waals surface area contributed by atoms with Gasteiger partial charge in [-0.05, 0) is 18.6 Å². The van der Waals surface area contributed by atoms with E-state index < -0.39 is 5.63 Å². The molecule has 0 bridgehead atoms. The van der Waals surface area contributed by atoms with Crippen LogP contribution in [-0.2, 0) is 4.79 Å². The van der Waals surface area contributed by atoms with Gasteiger partial charge in [0.05, 0.1) is 10.9 Å². The molecule has 21 heavy (non-hydrogen) atoms. The molecule has 2 aromatic rings. The molecule has 2 aliphatic rings. The Bertz CT molecular complexity index is 857. The van der Waals surface area contributed by atoms with Crippen LogP contribution >= 0.6 is 0 Å². The lowest BCUT2D eigenvalue weighted by molar-refractivity contribution is -0.116. The molecule has 1 aliphatic heterocycles. The van der Waals surface area contributed by atoms with Crippen LogP contribution in [0, 0.1) is 0 Å². The third-order valence-corrected chi connectivity index (χ3v) is 4.30. The Morgan fingerprint density at radius 2 is 1.95 bits per heavy atom. The summed E-state index contributed by atoms with van der Waals surface area (Å²) in [7, 11) is 0. The van der Waals surface area contributed by atoms with Gasteiger partial charge in [0.25, 0.3) is 0 Å². The smallest absolute Gasteiger partial charge is 0.343 e. The third-order valence-electron chi connectivity index (χ3n) is 4.30. The molecule has 0 spiro atoms. The highest BCUT2D eigenvalue weighted by atomic mass is 16.5. The van der Waals surface area contributed by atoms with Crippen LogP contribution in [-0.4, -0.2) is 5.78 Å². The lowest BCUT2D eigenvalue weighted by Crippen LogP contribution is -2.27. The molecular weight excluding hydrogens is 268 g/mol. The van der Waals surface area contributed by atoms with Crippen LogP contribution in [0.1, 0.15) is 37.7 Å². The van der Waals surface area contributed by atoms with Gasteiger partial charge in [-0.15, -0.1) is 0 Å². The Labute approximate surface area is 121 Å². The van der Waals surface area contributed by atoms with Crippen molar-refractivity contribution < 1.29 is 13.9 Å². The van der Waals surface area contributed by atoms with Crippen LogP contribution in [0.3, 0.4) is 0 Å². The molecule has 2 heterocycles. The first-order chi connectivity index (χ1) is 10.2. The van der Waals surface area contributed by atoms with Crippen molar-refractivity contribution in [3.05, 3.63) is 51.6 Å². The van der Waals surface area contributed by atoms with Gasteiger partial charge < -0.3 is 9.15 Å². The fourth-order valence-corrected chi connectivity index (χ4v) is 3.31. The highest BCUT2D eigenvalue weighted by Crippen LogP contribution is 2.44. The number of carbonyl (C=O) groups is 1. The fourth-order valence-electron chi connectivity index (χ4n) is 3.31. The highest BCUT2D eigenvalue weighted by molar-refractivity contribution is 5.99. The van der Waals surface area contributed by atoms with Crippen molar-refractivity contribution in [1.82, 2.24) is 0 Å². The van der Waals surface area contributed by atoms with Crippen LogP contribution in [0.15, 0.2) is 44.8 Å². The zero-order valence-corrected chi connectivity index (χ0v) is 11.6. The standard InChI is InChI=1S/C17H14O4/c1-9-14-11(18)6-4-8-13(14)20-16-10-5-2-3-7-12(10)21-17(19)15(9)16/h2-3,5,7,9H,4,6,8H2,1H3. The number of fused-ring (bicyclic) bond motifs is 3. The van der Waals surface area contributed by atoms with Crippen molar-refractivity contribution >= 4 is 16.8 Å². The van der Waals surface area contributed by atoms with E-state index in [1.54, 1.807) is 6.07 Å². The lowest BCUT2D eigenvalue weighted by atomic mass is 9.82. The molecule has 0 saturated heterocycles. The Morgan fingerprint density at radius 1 is 1.14 bits per heavy atom. The summed E-state index contributed by atoms with van der Waals surface area (Å²) in [5, 5.41) is 0.781. The van der Waals surface area contributed by atoms with E-state index in [2.05, 4.69) is 0 Å². The van der Waals surface area contributed by atoms with E-state index in [0.717, 1.165) is 24.0 Å². The second kappa shape index (κ2) is 4.32. The van der Waals surface area contributed by atoms with Crippen LogP contribution in [0.5, 0.6) is 5.75 Å². The number of hydrogen-bond acceptors (Lipinski definition) is 4. The lowest BCUT2D eigenvalue weighted by Gasteiger charge is -2.30. The Kier molecular flexibility index (Phi) is 2.55. The van der Waals surface area contributed by atoms with E-state index in [-0.39, 0.29) is 11.7 Å². The van der Waals surface area contributed by atoms with Crippen molar-refractivity contribution in [2.75, 3.05) is 0 Å². The molecule has 0 N–H and O–H groups in total. The minimum Gasteiger partial charge on any atom is -0.460 e. The number of Topliss-reactive ketones (excluding diaryl/α,β-unsaturated/α-hetero) is 1. The summed E-state index contributed by atoms with van der Waals surface area (Å²) in [6, 6.07) is 7.33. The highest BCUT2D eigenvalue weighted by Gasteiger charge is 2.36. The second-order valence-electron chi connectivity index (χ2n) is 5.57. The van der Waals surface area contributed by atoms with Gasteiger partial charge >= 0.3 is 5.63 Å². The molecule has 1 aromatic carbocycles. The number of rotatable bonds is 0. The first-order valence-electron chi connectivity index (χ1n) is 7.16. The second-order valence-corrected chi connectivity index (χ2v) is 5.57. The molecule has 1 aliphatic carbocycles. The normalized spacial score (nSPS) is 21.0. The Hall–Kier alpha value is -2.36. The maximum atomic E-state index is 12.3.